The highest BCUT2D eigenvalue weighted by Crippen LogP contribution is 2.26. The number of nitrogens with one attached hydrogen (secondary N) is 1. The van der Waals surface area contributed by atoms with Crippen LogP contribution in [0.2, 0.25) is 0 Å². The monoisotopic (exact) mass is 354 g/mol. The Kier molecular flexibility index (Phi) is 5.68. The molecule has 136 valence electrons. The number of carbonyl (C=O) groups excluding carboxylic acids is 1. The van der Waals surface area contributed by atoms with Crippen LogP contribution in [0.25, 0.3) is 11.0 Å². The summed E-state index contributed by atoms with van der Waals surface area (Å²) in [6, 6.07) is 16.2. The molecule has 5 heteroatoms. The van der Waals surface area contributed by atoms with Gasteiger partial charge in [-0.05, 0) is 50.2 Å². The highest BCUT2D eigenvalue weighted by Gasteiger charge is 2.18. The van der Waals surface area contributed by atoms with E-state index in [1.165, 1.54) is 12.1 Å². The first-order valence-electron chi connectivity index (χ1n) is 8.73. The van der Waals surface area contributed by atoms with Crippen molar-refractivity contribution < 1.29 is 13.6 Å². The van der Waals surface area contributed by atoms with E-state index in [0.717, 1.165) is 22.3 Å². The number of hydrogen-bond acceptors (Lipinski definition) is 3. The first kappa shape index (κ1) is 18.1. The Hall–Kier alpha value is -2.66. The number of hydrogen-bond donors (Lipinski definition) is 1. The molecule has 1 atom stereocenters. The fraction of sp³-hybridized carbons (Fsp3) is 0.286. The van der Waals surface area contributed by atoms with Crippen molar-refractivity contribution in [1.29, 1.82) is 0 Å². The van der Waals surface area contributed by atoms with Crippen LogP contribution in [0, 0.1) is 5.82 Å². The molecule has 0 fully saturated rings. The van der Waals surface area contributed by atoms with Crippen LogP contribution in [0.15, 0.2) is 59.0 Å². The van der Waals surface area contributed by atoms with Crippen LogP contribution in [0.1, 0.15) is 24.3 Å². The van der Waals surface area contributed by atoms with E-state index in [1.54, 1.807) is 12.1 Å². The molecule has 0 unspecified atom stereocenters. The maximum Gasteiger partial charge on any atom is 0.234 e. The van der Waals surface area contributed by atoms with Crippen molar-refractivity contribution in [2.24, 2.45) is 0 Å². The van der Waals surface area contributed by atoms with Crippen LogP contribution < -0.4 is 5.32 Å². The van der Waals surface area contributed by atoms with Crippen LogP contribution in [-0.4, -0.2) is 30.9 Å². The summed E-state index contributed by atoms with van der Waals surface area (Å²) in [6.45, 7) is 2.82. The van der Waals surface area contributed by atoms with E-state index in [1.807, 2.05) is 49.2 Å². The predicted octanol–water partition coefficient (Wildman–Crippen LogP) is 3.92. The molecule has 4 nitrogen and oxygen atoms in total. The zero-order valence-electron chi connectivity index (χ0n) is 15.0. The maximum absolute atomic E-state index is 12.9. The molecule has 0 aliphatic heterocycles. The fourth-order valence-electron chi connectivity index (χ4n) is 2.84. The van der Waals surface area contributed by atoms with Gasteiger partial charge in [0.25, 0.3) is 0 Å². The molecule has 1 aromatic heterocycles. The molecule has 0 bridgehead atoms. The van der Waals surface area contributed by atoms with Gasteiger partial charge in [-0.15, -0.1) is 0 Å². The number of halogens is 1. The van der Waals surface area contributed by atoms with Gasteiger partial charge in [-0.25, -0.2) is 4.39 Å². The second-order valence-electron chi connectivity index (χ2n) is 6.50. The average Bonchev–Trinajstić information content (AvgIpc) is 3.06. The quantitative estimate of drug-likeness (QED) is 0.699. The molecule has 3 rings (SSSR count). The van der Waals surface area contributed by atoms with E-state index in [4.69, 9.17) is 4.42 Å². The SMILES string of the molecule is C[C@@H](c1cc2ccccc2o1)N(C)CC(=O)NCCc1ccc(F)cc1. The van der Waals surface area contributed by atoms with Crippen LogP contribution >= 0.6 is 0 Å². The molecule has 0 saturated heterocycles. The normalized spacial score (nSPS) is 12.5. The molecule has 1 heterocycles. The Morgan fingerprint density at radius 1 is 1.19 bits per heavy atom. The lowest BCUT2D eigenvalue weighted by atomic mass is 10.1. The van der Waals surface area contributed by atoms with E-state index in [0.29, 0.717) is 13.0 Å². The van der Waals surface area contributed by atoms with E-state index in [2.05, 4.69) is 5.32 Å². The Morgan fingerprint density at radius 3 is 2.65 bits per heavy atom. The molecule has 0 saturated carbocycles. The van der Waals surface area contributed by atoms with Gasteiger partial charge < -0.3 is 9.73 Å². The number of likely N-dealkylation sites (N-methyl/N-ethyl adjacent to an activating group) is 1. The lowest BCUT2D eigenvalue weighted by Gasteiger charge is -2.22. The van der Waals surface area contributed by atoms with Crippen LogP contribution in [0.5, 0.6) is 0 Å². The van der Waals surface area contributed by atoms with E-state index in [9.17, 15) is 9.18 Å². The van der Waals surface area contributed by atoms with Crippen molar-refractivity contribution in [3.8, 4) is 0 Å². The summed E-state index contributed by atoms with van der Waals surface area (Å²) in [5.74, 6) is 0.546. The molecule has 0 aliphatic carbocycles. The lowest BCUT2D eigenvalue weighted by Crippen LogP contribution is -2.37. The Bertz CT molecular complexity index is 840. The zero-order valence-corrected chi connectivity index (χ0v) is 15.0. The van der Waals surface area contributed by atoms with E-state index >= 15 is 0 Å². The number of fused-ring (bicyclic) bond motifs is 1. The summed E-state index contributed by atoms with van der Waals surface area (Å²) in [5.41, 5.74) is 1.85. The minimum Gasteiger partial charge on any atom is -0.459 e. The highest BCUT2D eigenvalue weighted by atomic mass is 19.1. The van der Waals surface area contributed by atoms with Gasteiger partial charge in [-0.3, -0.25) is 9.69 Å². The summed E-state index contributed by atoms with van der Waals surface area (Å²) >= 11 is 0. The number of benzene rings is 2. The van der Waals surface area contributed by atoms with Gasteiger partial charge in [0.15, 0.2) is 0 Å². The Labute approximate surface area is 152 Å². The maximum atomic E-state index is 12.9. The first-order chi connectivity index (χ1) is 12.5. The van der Waals surface area contributed by atoms with Crippen molar-refractivity contribution in [2.45, 2.75) is 19.4 Å². The zero-order chi connectivity index (χ0) is 18.5. The smallest absolute Gasteiger partial charge is 0.234 e. The second kappa shape index (κ2) is 8.15. The number of furan rings is 1. The third-order valence-corrected chi connectivity index (χ3v) is 4.56. The number of amides is 1. The summed E-state index contributed by atoms with van der Waals surface area (Å²) in [6.07, 6.45) is 0.675. The van der Waals surface area contributed by atoms with E-state index < -0.39 is 0 Å². The van der Waals surface area contributed by atoms with Crippen molar-refractivity contribution in [3.05, 3.63) is 71.7 Å². The van der Waals surface area contributed by atoms with Gasteiger partial charge >= 0.3 is 0 Å². The molecule has 0 radical (unpaired) electrons. The average molecular weight is 354 g/mol. The van der Waals surface area contributed by atoms with Gasteiger partial charge in [0, 0.05) is 11.9 Å². The lowest BCUT2D eigenvalue weighted by molar-refractivity contribution is -0.122. The number of carbonyl (C=O) groups is 1. The largest absolute Gasteiger partial charge is 0.459 e. The predicted molar refractivity (Wildman–Crippen MR) is 100 cm³/mol. The minimum absolute atomic E-state index is 0.00903. The molecule has 0 aliphatic rings. The molecule has 3 aromatic rings. The van der Waals surface area contributed by atoms with Gasteiger partial charge in [0.2, 0.25) is 5.91 Å². The molecule has 1 N–H and O–H groups in total. The van der Waals surface area contributed by atoms with Gasteiger partial charge in [-0.1, -0.05) is 30.3 Å². The second-order valence-corrected chi connectivity index (χ2v) is 6.50. The summed E-state index contributed by atoms with van der Waals surface area (Å²) in [5, 5.41) is 3.97. The number of para-hydroxylation sites is 1. The molecule has 1 amide bonds. The van der Waals surface area contributed by atoms with Crippen LogP contribution in [-0.2, 0) is 11.2 Å². The van der Waals surface area contributed by atoms with Crippen LogP contribution in [0.3, 0.4) is 0 Å². The minimum atomic E-state index is -0.251. The van der Waals surface area contributed by atoms with Crippen molar-refractivity contribution in [3.63, 3.8) is 0 Å². The fourth-order valence-corrected chi connectivity index (χ4v) is 2.84. The molecular weight excluding hydrogens is 331 g/mol. The first-order valence-corrected chi connectivity index (χ1v) is 8.73. The number of rotatable bonds is 7. The molecular formula is C21H23FN2O2. The van der Waals surface area contributed by atoms with Crippen LogP contribution in [0.4, 0.5) is 4.39 Å². The number of nitrogens with zero attached hydrogens (tertiary/aromatic N) is 1. The summed E-state index contributed by atoms with van der Waals surface area (Å²) in [4.78, 5) is 14.1. The highest BCUT2D eigenvalue weighted by molar-refractivity contribution is 5.79. The molecule has 2 aromatic carbocycles. The molecule has 0 spiro atoms. The van der Waals surface area contributed by atoms with Gasteiger partial charge in [-0.2, -0.15) is 0 Å². The standard InChI is InChI=1S/C21H23FN2O2/c1-15(20-13-17-5-3-4-6-19(17)26-20)24(2)14-21(25)23-12-11-16-7-9-18(22)10-8-16/h3-10,13,15H,11-12,14H2,1-2H3,(H,23,25)/t15-/m0/s1. The van der Waals surface area contributed by atoms with E-state index in [-0.39, 0.29) is 24.3 Å². The Balaban J connectivity index is 1.49. The van der Waals surface area contributed by atoms with Crippen molar-refractivity contribution in [1.82, 2.24) is 10.2 Å². The topological polar surface area (TPSA) is 45.5 Å². The molecule has 26 heavy (non-hydrogen) atoms. The third kappa shape index (κ3) is 4.49. The van der Waals surface area contributed by atoms with Crippen molar-refractivity contribution >= 4 is 16.9 Å². The van der Waals surface area contributed by atoms with Crippen molar-refractivity contribution in [2.75, 3.05) is 20.1 Å². The third-order valence-electron chi connectivity index (χ3n) is 4.56. The summed E-state index contributed by atoms with van der Waals surface area (Å²) in [7, 11) is 1.90. The summed E-state index contributed by atoms with van der Waals surface area (Å²) < 4.78 is 18.8. The van der Waals surface area contributed by atoms with Gasteiger partial charge in [0.1, 0.15) is 17.2 Å². The Morgan fingerprint density at radius 2 is 1.92 bits per heavy atom. The van der Waals surface area contributed by atoms with Gasteiger partial charge in [0.05, 0.1) is 12.6 Å².